The minimum absolute atomic E-state index is 0.0698. The van der Waals surface area contributed by atoms with E-state index in [0.29, 0.717) is 6.61 Å². The van der Waals surface area contributed by atoms with Crippen molar-refractivity contribution in [2.75, 3.05) is 27.9 Å². The molecule has 0 bridgehead atoms. The van der Waals surface area contributed by atoms with Gasteiger partial charge in [0.1, 0.15) is 11.5 Å². The van der Waals surface area contributed by atoms with Crippen LogP contribution in [0.3, 0.4) is 0 Å². The van der Waals surface area contributed by atoms with E-state index in [9.17, 15) is 0 Å². The van der Waals surface area contributed by atoms with Gasteiger partial charge in [-0.1, -0.05) is 6.07 Å². The Morgan fingerprint density at radius 3 is 2.39 bits per heavy atom. The normalized spacial score (nSPS) is 11.4. The number of nitrogens with one attached hydrogen (secondary N) is 1. The van der Waals surface area contributed by atoms with Gasteiger partial charge in [-0.2, -0.15) is 0 Å². The van der Waals surface area contributed by atoms with Gasteiger partial charge in [0.15, 0.2) is 0 Å². The molecule has 102 valence electrons. The highest BCUT2D eigenvalue weighted by Crippen LogP contribution is 2.24. The Bertz CT molecular complexity index is 377. The van der Waals surface area contributed by atoms with Crippen LogP contribution < -0.4 is 14.8 Å². The van der Waals surface area contributed by atoms with E-state index < -0.39 is 0 Å². The number of rotatable bonds is 7. The zero-order valence-corrected chi connectivity index (χ0v) is 11.9. The second kappa shape index (κ2) is 6.61. The van der Waals surface area contributed by atoms with Crippen LogP contribution in [0.1, 0.15) is 19.4 Å². The van der Waals surface area contributed by atoms with Gasteiger partial charge in [-0.3, -0.25) is 0 Å². The summed E-state index contributed by atoms with van der Waals surface area (Å²) in [6.07, 6.45) is 0. The first kappa shape index (κ1) is 14.8. The molecule has 0 spiro atoms. The molecule has 0 heterocycles. The molecule has 4 heteroatoms. The predicted molar refractivity (Wildman–Crippen MR) is 72.3 cm³/mol. The summed E-state index contributed by atoms with van der Waals surface area (Å²) in [6, 6.07) is 5.83. The third kappa shape index (κ3) is 4.20. The Labute approximate surface area is 109 Å². The lowest BCUT2D eigenvalue weighted by Crippen LogP contribution is -2.42. The molecule has 0 saturated carbocycles. The first-order valence-corrected chi connectivity index (χ1v) is 5.97. The average molecular weight is 253 g/mol. The van der Waals surface area contributed by atoms with Gasteiger partial charge in [-0.05, 0) is 19.9 Å². The van der Waals surface area contributed by atoms with Crippen LogP contribution in [-0.2, 0) is 11.3 Å². The molecule has 0 unspecified atom stereocenters. The van der Waals surface area contributed by atoms with Crippen molar-refractivity contribution in [3.05, 3.63) is 23.8 Å². The molecule has 4 nitrogen and oxygen atoms in total. The molecule has 0 aromatic heterocycles. The zero-order chi connectivity index (χ0) is 13.6. The Hall–Kier alpha value is -1.26. The lowest BCUT2D eigenvalue weighted by molar-refractivity contribution is 0.127. The molecule has 1 rings (SSSR count). The molecule has 0 aliphatic heterocycles. The molecular weight excluding hydrogens is 230 g/mol. The fourth-order valence-corrected chi connectivity index (χ4v) is 1.74. The van der Waals surface area contributed by atoms with Gasteiger partial charge in [0, 0.05) is 30.8 Å². The third-order valence-electron chi connectivity index (χ3n) is 2.76. The molecule has 1 aromatic carbocycles. The van der Waals surface area contributed by atoms with Crippen molar-refractivity contribution < 1.29 is 14.2 Å². The topological polar surface area (TPSA) is 39.7 Å². The first-order valence-electron chi connectivity index (χ1n) is 5.97. The van der Waals surface area contributed by atoms with Gasteiger partial charge >= 0.3 is 0 Å². The number of hydrogen-bond donors (Lipinski definition) is 1. The van der Waals surface area contributed by atoms with Gasteiger partial charge in [0.25, 0.3) is 0 Å². The van der Waals surface area contributed by atoms with Crippen LogP contribution in [0.15, 0.2) is 18.2 Å². The maximum atomic E-state index is 5.36. The second-order valence-corrected chi connectivity index (χ2v) is 4.85. The molecule has 1 aromatic rings. The largest absolute Gasteiger partial charge is 0.497 e. The second-order valence-electron chi connectivity index (χ2n) is 4.85. The summed E-state index contributed by atoms with van der Waals surface area (Å²) in [6.45, 7) is 5.59. The summed E-state index contributed by atoms with van der Waals surface area (Å²) >= 11 is 0. The van der Waals surface area contributed by atoms with Gasteiger partial charge in [0.05, 0.1) is 20.8 Å². The molecule has 0 radical (unpaired) electrons. The molecular formula is C14H23NO3. The first-order chi connectivity index (χ1) is 8.52. The molecule has 0 saturated heterocycles. The minimum atomic E-state index is -0.0698. The highest BCUT2D eigenvalue weighted by Gasteiger charge is 2.17. The Morgan fingerprint density at radius 1 is 1.11 bits per heavy atom. The Balaban J connectivity index is 2.72. The van der Waals surface area contributed by atoms with Crippen LogP contribution in [-0.4, -0.2) is 33.5 Å². The molecule has 0 amide bonds. The highest BCUT2D eigenvalue weighted by molar-refractivity contribution is 5.40. The minimum Gasteiger partial charge on any atom is -0.497 e. The van der Waals surface area contributed by atoms with E-state index in [1.165, 1.54) is 0 Å². The Kier molecular flexibility index (Phi) is 5.44. The van der Waals surface area contributed by atoms with Crippen molar-refractivity contribution in [1.82, 2.24) is 5.32 Å². The van der Waals surface area contributed by atoms with E-state index >= 15 is 0 Å². The van der Waals surface area contributed by atoms with Crippen LogP contribution in [0.5, 0.6) is 11.5 Å². The van der Waals surface area contributed by atoms with E-state index in [2.05, 4.69) is 19.2 Å². The third-order valence-corrected chi connectivity index (χ3v) is 2.76. The lowest BCUT2D eigenvalue weighted by Gasteiger charge is -2.26. The van der Waals surface area contributed by atoms with Crippen LogP contribution in [0.25, 0.3) is 0 Å². The van der Waals surface area contributed by atoms with Gasteiger partial charge < -0.3 is 19.5 Å². The monoisotopic (exact) mass is 253 g/mol. The molecule has 0 aliphatic rings. The number of ether oxygens (including phenoxy) is 3. The van der Waals surface area contributed by atoms with Crippen molar-refractivity contribution in [2.45, 2.75) is 25.9 Å². The van der Waals surface area contributed by atoms with Gasteiger partial charge in [-0.25, -0.2) is 0 Å². The molecule has 0 atom stereocenters. The maximum absolute atomic E-state index is 5.36. The van der Waals surface area contributed by atoms with Crippen molar-refractivity contribution in [3.63, 3.8) is 0 Å². The van der Waals surface area contributed by atoms with E-state index in [1.807, 2.05) is 18.2 Å². The summed E-state index contributed by atoms with van der Waals surface area (Å²) in [5.41, 5.74) is 1.03. The SMILES string of the molecule is COCC(C)(C)NCc1ccc(OC)cc1OC. The summed E-state index contributed by atoms with van der Waals surface area (Å²) in [5, 5.41) is 3.44. The fourth-order valence-electron chi connectivity index (χ4n) is 1.74. The van der Waals surface area contributed by atoms with Crippen LogP contribution in [0, 0.1) is 0 Å². The average Bonchev–Trinajstić information content (AvgIpc) is 2.36. The van der Waals surface area contributed by atoms with Gasteiger partial charge in [-0.15, -0.1) is 0 Å². The van der Waals surface area contributed by atoms with E-state index in [4.69, 9.17) is 14.2 Å². The predicted octanol–water partition coefficient (Wildman–Crippen LogP) is 2.22. The van der Waals surface area contributed by atoms with E-state index in [0.717, 1.165) is 23.6 Å². The maximum Gasteiger partial charge on any atom is 0.127 e. The summed E-state index contributed by atoms with van der Waals surface area (Å²) in [7, 11) is 5.02. The van der Waals surface area contributed by atoms with Crippen molar-refractivity contribution in [3.8, 4) is 11.5 Å². The quantitative estimate of drug-likeness (QED) is 0.809. The fraction of sp³-hybridized carbons (Fsp3) is 0.571. The summed E-state index contributed by atoms with van der Waals surface area (Å²) in [5.74, 6) is 1.63. The van der Waals surface area contributed by atoms with Crippen molar-refractivity contribution in [1.29, 1.82) is 0 Å². The van der Waals surface area contributed by atoms with Crippen molar-refractivity contribution >= 4 is 0 Å². The lowest BCUT2D eigenvalue weighted by atomic mass is 10.1. The highest BCUT2D eigenvalue weighted by atomic mass is 16.5. The summed E-state index contributed by atoms with van der Waals surface area (Å²) in [4.78, 5) is 0. The van der Waals surface area contributed by atoms with E-state index in [1.54, 1.807) is 21.3 Å². The van der Waals surface area contributed by atoms with Gasteiger partial charge in [0.2, 0.25) is 0 Å². The standard InChI is InChI=1S/C14H23NO3/c1-14(2,10-16-3)15-9-11-6-7-12(17-4)8-13(11)18-5/h6-8,15H,9-10H2,1-5H3. The summed E-state index contributed by atoms with van der Waals surface area (Å²) < 4.78 is 15.7. The number of methoxy groups -OCH3 is 3. The molecule has 1 N–H and O–H groups in total. The van der Waals surface area contributed by atoms with E-state index in [-0.39, 0.29) is 5.54 Å². The van der Waals surface area contributed by atoms with Crippen LogP contribution in [0.4, 0.5) is 0 Å². The number of hydrogen-bond acceptors (Lipinski definition) is 4. The van der Waals surface area contributed by atoms with Crippen LogP contribution in [0.2, 0.25) is 0 Å². The zero-order valence-electron chi connectivity index (χ0n) is 11.9. The molecule has 0 aliphatic carbocycles. The molecule has 0 fully saturated rings. The molecule has 18 heavy (non-hydrogen) atoms. The Morgan fingerprint density at radius 2 is 1.83 bits per heavy atom. The smallest absolute Gasteiger partial charge is 0.127 e. The van der Waals surface area contributed by atoms with Crippen molar-refractivity contribution in [2.24, 2.45) is 0 Å². The number of benzene rings is 1. The van der Waals surface area contributed by atoms with Crippen LogP contribution >= 0.6 is 0 Å².